The van der Waals surface area contributed by atoms with Crippen LogP contribution >= 0.6 is 0 Å². The van der Waals surface area contributed by atoms with Crippen LogP contribution in [0, 0.1) is 5.82 Å². The number of carbonyl (C=O) groups excluding carboxylic acids is 2. The average Bonchev–Trinajstić information content (AvgIpc) is 3.25. The second-order valence-electron chi connectivity index (χ2n) is 10.1. The molecule has 0 bridgehead atoms. The van der Waals surface area contributed by atoms with Gasteiger partial charge < -0.3 is 20.2 Å². The monoisotopic (exact) mass is 544 g/mol. The van der Waals surface area contributed by atoms with E-state index < -0.39 is 17.7 Å². The van der Waals surface area contributed by atoms with Gasteiger partial charge in [0.1, 0.15) is 11.7 Å². The van der Waals surface area contributed by atoms with E-state index in [0.29, 0.717) is 41.1 Å². The molecule has 1 aliphatic heterocycles. The minimum absolute atomic E-state index is 0.0171. The number of fused-ring (bicyclic) bond motifs is 1. The molecule has 2 N–H and O–H groups in total. The molecular formula is C31H33FN4O4. The number of hydrogen-bond acceptors (Lipinski definition) is 5. The summed E-state index contributed by atoms with van der Waals surface area (Å²) in [4.78, 5) is 45.2. The number of hydrogen-bond donors (Lipinski definition) is 2. The molecule has 3 aromatic rings. The first-order valence-electron chi connectivity index (χ1n) is 13.1. The van der Waals surface area contributed by atoms with Gasteiger partial charge in [-0.2, -0.15) is 0 Å². The van der Waals surface area contributed by atoms with Gasteiger partial charge in [0.25, 0.3) is 0 Å². The van der Waals surface area contributed by atoms with Gasteiger partial charge in [0.2, 0.25) is 11.8 Å². The summed E-state index contributed by atoms with van der Waals surface area (Å²) in [5.74, 6) is -2.37. The summed E-state index contributed by atoms with van der Waals surface area (Å²) in [5.41, 5.74) is 4.38. The Hall–Kier alpha value is -4.37. The molecule has 1 heterocycles. The maximum atomic E-state index is 13.9. The smallest absolute Gasteiger partial charge is 0.303 e. The van der Waals surface area contributed by atoms with Gasteiger partial charge in [-0.25, -0.2) is 4.39 Å². The van der Waals surface area contributed by atoms with Crippen LogP contribution in [0.3, 0.4) is 0 Å². The van der Waals surface area contributed by atoms with E-state index in [9.17, 15) is 18.8 Å². The molecule has 40 heavy (non-hydrogen) atoms. The molecule has 0 fully saturated rings. The molecule has 0 spiro atoms. The Morgan fingerprint density at radius 1 is 0.975 bits per heavy atom. The lowest BCUT2D eigenvalue weighted by Gasteiger charge is -2.18. The minimum Gasteiger partial charge on any atom is -0.481 e. The quantitative estimate of drug-likeness (QED) is 0.331. The van der Waals surface area contributed by atoms with Crippen molar-refractivity contribution in [1.29, 1.82) is 0 Å². The third-order valence-electron chi connectivity index (χ3n) is 6.85. The van der Waals surface area contributed by atoms with Crippen molar-refractivity contribution in [1.82, 2.24) is 4.90 Å². The molecule has 8 nitrogen and oxygen atoms in total. The van der Waals surface area contributed by atoms with Crippen molar-refractivity contribution in [2.24, 2.45) is 4.99 Å². The van der Waals surface area contributed by atoms with Crippen LogP contribution < -0.4 is 10.2 Å². The lowest BCUT2D eigenvalue weighted by atomic mass is 9.90. The molecule has 1 unspecified atom stereocenters. The van der Waals surface area contributed by atoms with Gasteiger partial charge in [-0.15, -0.1) is 0 Å². The van der Waals surface area contributed by atoms with Gasteiger partial charge in [0.05, 0.1) is 11.4 Å². The molecule has 2 amide bonds. The Labute approximate surface area is 233 Å². The Morgan fingerprint density at radius 3 is 2.33 bits per heavy atom. The molecule has 0 saturated heterocycles. The number of rotatable bonds is 11. The number of carboxylic acid groups (broad SMARTS) is 1. The van der Waals surface area contributed by atoms with Crippen molar-refractivity contribution in [3.8, 4) is 0 Å². The predicted octanol–water partition coefficient (Wildman–Crippen LogP) is 5.00. The summed E-state index contributed by atoms with van der Waals surface area (Å²) < 4.78 is 13.9. The minimum atomic E-state index is -0.873. The molecule has 3 aromatic carbocycles. The van der Waals surface area contributed by atoms with E-state index in [4.69, 9.17) is 10.1 Å². The fourth-order valence-electron chi connectivity index (χ4n) is 4.64. The largest absolute Gasteiger partial charge is 0.481 e. The number of halogens is 1. The number of amides is 2. The summed E-state index contributed by atoms with van der Waals surface area (Å²) in [5, 5.41) is 11.8. The molecule has 0 radical (unpaired) electrons. The SMILES string of the molecule is CN(C)CCCC(=O)N(C)c1ccc(N=C(c2ccc(CCC(=O)O)cc2)C2C(=O)Nc3cc(F)ccc32)cc1. The van der Waals surface area contributed by atoms with E-state index >= 15 is 0 Å². The fraction of sp³-hybridized carbons (Fsp3) is 0.290. The number of nitrogens with zero attached hydrogens (tertiary/aromatic N) is 3. The number of aliphatic carboxylic acids is 1. The topological polar surface area (TPSA) is 102 Å². The molecule has 0 saturated carbocycles. The van der Waals surface area contributed by atoms with E-state index in [-0.39, 0.29) is 18.2 Å². The summed E-state index contributed by atoms with van der Waals surface area (Å²) in [7, 11) is 5.69. The summed E-state index contributed by atoms with van der Waals surface area (Å²) in [6, 6.07) is 18.7. The number of nitrogens with one attached hydrogen (secondary N) is 1. The molecular weight excluding hydrogens is 511 g/mol. The summed E-state index contributed by atoms with van der Waals surface area (Å²) in [6.45, 7) is 0.834. The van der Waals surface area contributed by atoms with Crippen LogP contribution in [-0.2, 0) is 20.8 Å². The Balaban J connectivity index is 1.64. The standard InChI is InChI=1S/C31H33FN4O4/c1-35(2)18-4-5-27(37)36(3)24-14-12-23(13-15-24)33-30(21-9-6-20(7-10-21)8-17-28(38)39)29-25-16-11-22(32)19-26(25)34-31(29)40/h6-7,9-16,19,29H,4-5,8,17-18H2,1-3H3,(H,34,40)(H,38,39). The average molecular weight is 545 g/mol. The van der Waals surface area contributed by atoms with Crippen LogP contribution in [0.25, 0.3) is 0 Å². The van der Waals surface area contributed by atoms with Crippen LogP contribution in [0.15, 0.2) is 71.7 Å². The highest BCUT2D eigenvalue weighted by atomic mass is 19.1. The zero-order valence-electron chi connectivity index (χ0n) is 22.9. The second-order valence-corrected chi connectivity index (χ2v) is 10.1. The molecule has 9 heteroatoms. The number of aliphatic imine (C=N–C) groups is 1. The maximum absolute atomic E-state index is 13.9. The second kappa shape index (κ2) is 12.7. The summed E-state index contributed by atoms with van der Waals surface area (Å²) >= 11 is 0. The first kappa shape index (κ1) is 28.6. The lowest BCUT2D eigenvalue weighted by molar-refractivity contribution is -0.137. The third kappa shape index (κ3) is 6.98. The highest BCUT2D eigenvalue weighted by Crippen LogP contribution is 2.37. The Morgan fingerprint density at radius 2 is 1.68 bits per heavy atom. The van der Waals surface area contributed by atoms with Crippen molar-refractivity contribution in [2.75, 3.05) is 37.9 Å². The molecule has 1 atom stereocenters. The maximum Gasteiger partial charge on any atom is 0.303 e. The molecule has 1 aliphatic rings. The van der Waals surface area contributed by atoms with E-state index in [0.717, 1.165) is 24.2 Å². The van der Waals surface area contributed by atoms with Crippen LogP contribution in [0.1, 0.15) is 41.9 Å². The van der Waals surface area contributed by atoms with Crippen LogP contribution in [0.4, 0.5) is 21.5 Å². The van der Waals surface area contributed by atoms with Gasteiger partial charge >= 0.3 is 5.97 Å². The highest BCUT2D eigenvalue weighted by molar-refractivity contribution is 6.24. The van der Waals surface area contributed by atoms with Gasteiger partial charge in [-0.05, 0) is 86.6 Å². The first-order chi connectivity index (χ1) is 19.1. The number of anilines is 2. The van der Waals surface area contributed by atoms with Gasteiger partial charge in [0, 0.05) is 31.3 Å². The normalized spacial score (nSPS) is 14.7. The van der Waals surface area contributed by atoms with Crippen molar-refractivity contribution in [2.45, 2.75) is 31.6 Å². The Kier molecular flexibility index (Phi) is 9.06. The first-order valence-corrected chi connectivity index (χ1v) is 13.1. The number of benzene rings is 3. The van der Waals surface area contributed by atoms with E-state index in [1.54, 1.807) is 30.1 Å². The molecule has 0 aliphatic carbocycles. The van der Waals surface area contributed by atoms with Gasteiger partial charge in [0.15, 0.2) is 0 Å². The molecule has 0 aromatic heterocycles. The zero-order valence-corrected chi connectivity index (χ0v) is 22.9. The summed E-state index contributed by atoms with van der Waals surface area (Å²) in [6.07, 6.45) is 1.62. The Bertz CT molecular complexity index is 1420. The van der Waals surface area contributed by atoms with Crippen molar-refractivity contribution in [3.05, 3.63) is 89.2 Å². The molecule has 4 rings (SSSR count). The van der Waals surface area contributed by atoms with E-state index in [1.807, 2.05) is 55.4 Å². The van der Waals surface area contributed by atoms with Crippen LogP contribution in [-0.4, -0.2) is 61.2 Å². The van der Waals surface area contributed by atoms with E-state index in [1.165, 1.54) is 12.1 Å². The van der Waals surface area contributed by atoms with Crippen molar-refractivity contribution < 1.29 is 23.9 Å². The number of carbonyl (C=O) groups is 3. The van der Waals surface area contributed by atoms with Crippen molar-refractivity contribution >= 4 is 40.6 Å². The molecule has 208 valence electrons. The van der Waals surface area contributed by atoms with Gasteiger partial charge in [-0.3, -0.25) is 19.4 Å². The van der Waals surface area contributed by atoms with Crippen LogP contribution in [0.5, 0.6) is 0 Å². The third-order valence-corrected chi connectivity index (χ3v) is 6.85. The van der Waals surface area contributed by atoms with Crippen LogP contribution in [0.2, 0.25) is 0 Å². The number of carboxylic acids is 1. The highest BCUT2D eigenvalue weighted by Gasteiger charge is 2.35. The lowest BCUT2D eigenvalue weighted by Crippen LogP contribution is -2.27. The van der Waals surface area contributed by atoms with E-state index in [2.05, 4.69) is 5.32 Å². The fourth-order valence-corrected chi connectivity index (χ4v) is 4.64. The number of aryl methyl sites for hydroxylation is 1. The predicted molar refractivity (Wildman–Crippen MR) is 154 cm³/mol. The van der Waals surface area contributed by atoms with Gasteiger partial charge in [-0.1, -0.05) is 30.3 Å². The zero-order chi connectivity index (χ0) is 28.8. The van der Waals surface area contributed by atoms with Crippen molar-refractivity contribution in [3.63, 3.8) is 0 Å².